The number of rotatable bonds is 10. The maximum atomic E-state index is 12.9. The quantitative estimate of drug-likeness (QED) is 0.576. The molecule has 2 unspecified atom stereocenters. The molecule has 1 aromatic heterocycles. The highest BCUT2D eigenvalue weighted by molar-refractivity contribution is 7.89. The van der Waals surface area contributed by atoms with Crippen molar-refractivity contribution < 1.29 is 13.2 Å². The number of sulfonamides is 1. The number of nitrogens with zero attached hydrogens (tertiary/aromatic N) is 3. The molecule has 1 fully saturated rings. The molecule has 1 N–H and O–H groups in total. The third-order valence-electron chi connectivity index (χ3n) is 6.47. The van der Waals surface area contributed by atoms with Crippen LogP contribution in [-0.4, -0.2) is 47.3 Å². The van der Waals surface area contributed by atoms with Gasteiger partial charge >= 0.3 is 0 Å². The van der Waals surface area contributed by atoms with Crippen molar-refractivity contribution in [1.82, 2.24) is 19.2 Å². The largest absolute Gasteiger partial charge is 0.353 e. The Morgan fingerprint density at radius 1 is 1.22 bits per heavy atom. The lowest BCUT2D eigenvalue weighted by molar-refractivity contribution is -0.122. The number of carbonyl (C=O) groups is 1. The number of aryl methyl sites for hydroxylation is 2. The van der Waals surface area contributed by atoms with Gasteiger partial charge in [0, 0.05) is 38.5 Å². The first-order chi connectivity index (χ1) is 15.3. The van der Waals surface area contributed by atoms with Crippen molar-refractivity contribution in [3.63, 3.8) is 0 Å². The van der Waals surface area contributed by atoms with Gasteiger partial charge in [-0.1, -0.05) is 40.5 Å². The normalized spacial score (nSPS) is 19.5. The Morgan fingerprint density at radius 3 is 2.62 bits per heavy atom. The third kappa shape index (κ3) is 5.52. The predicted octanol–water partition coefficient (Wildman–Crippen LogP) is 4.10. The molecule has 0 radical (unpaired) electrons. The Morgan fingerprint density at radius 2 is 1.97 bits per heavy atom. The molecule has 1 aliphatic rings. The molecule has 1 amide bonds. The van der Waals surface area contributed by atoms with E-state index in [0.29, 0.717) is 37.4 Å². The fraction of sp³-hybridized carbons (Fsp3) is 0.667. The van der Waals surface area contributed by atoms with Crippen LogP contribution in [-0.2, 0) is 27.8 Å². The summed E-state index contributed by atoms with van der Waals surface area (Å²) in [6.07, 6.45) is 6.42. The first-order valence-corrected chi connectivity index (χ1v) is 13.5. The molecule has 3 rings (SSSR count). The summed E-state index contributed by atoms with van der Waals surface area (Å²) < 4.78 is 29.4. The molecule has 0 saturated heterocycles. The summed E-state index contributed by atoms with van der Waals surface area (Å²) in [5, 5.41) is 3.20. The van der Waals surface area contributed by atoms with E-state index >= 15 is 0 Å². The average Bonchev–Trinajstić information content (AvgIpc) is 3.10. The highest BCUT2D eigenvalue weighted by atomic mass is 32.2. The zero-order valence-corrected chi connectivity index (χ0v) is 20.7. The maximum Gasteiger partial charge on any atom is 0.243 e. The van der Waals surface area contributed by atoms with Gasteiger partial charge < -0.3 is 9.88 Å². The molecule has 2 atom stereocenters. The van der Waals surface area contributed by atoms with E-state index in [1.807, 2.05) is 19.9 Å². The van der Waals surface area contributed by atoms with Crippen LogP contribution in [0.25, 0.3) is 11.0 Å². The van der Waals surface area contributed by atoms with E-state index in [2.05, 4.69) is 23.7 Å². The monoisotopic (exact) mass is 462 g/mol. The van der Waals surface area contributed by atoms with E-state index < -0.39 is 10.0 Å². The summed E-state index contributed by atoms with van der Waals surface area (Å²) in [6.45, 7) is 9.68. The van der Waals surface area contributed by atoms with E-state index in [-0.39, 0.29) is 16.8 Å². The lowest BCUT2D eigenvalue weighted by Gasteiger charge is -2.27. The van der Waals surface area contributed by atoms with Crippen LogP contribution < -0.4 is 5.32 Å². The number of imidazole rings is 1. The number of hydrogen-bond donors (Lipinski definition) is 1. The van der Waals surface area contributed by atoms with E-state index in [1.165, 1.54) is 17.1 Å². The van der Waals surface area contributed by atoms with Gasteiger partial charge in [0.2, 0.25) is 15.9 Å². The third-order valence-corrected chi connectivity index (χ3v) is 8.51. The van der Waals surface area contributed by atoms with Crippen molar-refractivity contribution in [3.05, 3.63) is 24.0 Å². The highest BCUT2D eigenvalue weighted by Gasteiger charge is 2.24. The number of benzene rings is 1. The second-order valence-corrected chi connectivity index (χ2v) is 10.9. The van der Waals surface area contributed by atoms with Crippen LogP contribution in [0.1, 0.15) is 72.0 Å². The molecule has 32 heavy (non-hydrogen) atoms. The summed E-state index contributed by atoms with van der Waals surface area (Å²) in [6, 6.07) is 5.47. The van der Waals surface area contributed by atoms with E-state index in [1.54, 1.807) is 12.1 Å². The fourth-order valence-corrected chi connectivity index (χ4v) is 6.27. The van der Waals surface area contributed by atoms with Crippen LogP contribution in [0.3, 0.4) is 0 Å². The van der Waals surface area contributed by atoms with Crippen molar-refractivity contribution >= 4 is 27.0 Å². The molecule has 7 nitrogen and oxygen atoms in total. The minimum Gasteiger partial charge on any atom is -0.353 e. The summed E-state index contributed by atoms with van der Waals surface area (Å²) in [5.74, 6) is 1.58. The number of amides is 1. The Balaban J connectivity index is 1.79. The molecular formula is C24H38N4O3S. The average molecular weight is 463 g/mol. The molecule has 1 heterocycles. The minimum absolute atomic E-state index is 0.0732. The van der Waals surface area contributed by atoms with Gasteiger partial charge in [0.05, 0.1) is 15.9 Å². The predicted molar refractivity (Wildman–Crippen MR) is 128 cm³/mol. The highest BCUT2D eigenvalue weighted by Crippen LogP contribution is 2.25. The van der Waals surface area contributed by atoms with Gasteiger partial charge in [-0.3, -0.25) is 4.79 Å². The molecule has 0 aliphatic heterocycles. The Hall–Kier alpha value is -1.93. The van der Waals surface area contributed by atoms with Gasteiger partial charge in [0.15, 0.2) is 0 Å². The van der Waals surface area contributed by atoms with E-state index in [9.17, 15) is 13.2 Å². The van der Waals surface area contributed by atoms with Crippen molar-refractivity contribution in [2.24, 2.45) is 5.92 Å². The van der Waals surface area contributed by atoms with E-state index in [0.717, 1.165) is 37.1 Å². The minimum atomic E-state index is -3.54. The van der Waals surface area contributed by atoms with Crippen LogP contribution in [0.5, 0.6) is 0 Å². The van der Waals surface area contributed by atoms with Crippen LogP contribution in [0, 0.1) is 5.92 Å². The Labute approximate surface area is 192 Å². The number of hydrogen-bond acceptors (Lipinski definition) is 4. The number of carbonyl (C=O) groups excluding carboxylic acids is 1. The van der Waals surface area contributed by atoms with Gasteiger partial charge in [-0.15, -0.1) is 0 Å². The molecular weight excluding hydrogens is 424 g/mol. The smallest absolute Gasteiger partial charge is 0.243 e. The van der Waals surface area contributed by atoms with Crippen LogP contribution in [0.2, 0.25) is 0 Å². The second-order valence-electron chi connectivity index (χ2n) is 8.96. The standard InChI is InChI=1S/C24H38N4O3S/c1-5-15-28-22-12-11-20(32(30,31)27(6-2)7-3)17-21(22)26-23(28)13-14-24(29)25-19-10-8-9-18(4)16-19/h11-12,17-19H,5-10,13-16H2,1-4H3,(H,25,29). The van der Waals surface area contributed by atoms with Crippen LogP contribution in [0.15, 0.2) is 23.1 Å². The van der Waals surface area contributed by atoms with Crippen molar-refractivity contribution in [3.8, 4) is 0 Å². The van der Waals surface area contributed by atoms with Gasteiger partial charge in [-0.25, -0.2) is 13.4 Å². The zero-order chi connectivity index (χ0) is 23.3. The molecule has 8 heteroatoms. The van der Waals surface area contributed by atoms with Crippen molar-refractivity contribution in [2.75, 3.05) is 13.1 Å². The van der Waals surface area contributed by atoms with Crippen LogP contribution in [0.4, 0.5) is 0 Å². The topological polar surface area (TPSA) is 84.3 Å². The summed E-state index contributed by atoms with van der Waals surface area (Å²) >= 11 is 0. The van der Waals surface area contributed by atoms with E-state index in [4.69, 9.17) is 4.98 Å². The second kappa shape index (κ2) is 10.8. The molecule has 0 bridgehead atoms. The van der Waals surface area contributed by atoms with Gasteiger partial charge in [0.25, 0.3) is 0 Å². The van der Waals surface area contributed by atoms with Gasteiger partial charge in [-0.2, -0.15) is 4.31 Å². The number of nitrogens with one attached hydrogen (secondary N) is 1. The lowest BCUT2D eigenvalue weighted by atomic mass is 9.87. The molecule has 1 aliphatic carbocycles. The SMILES string of the molecule is CCCn1c(CCC(=O)NC2CCCC(C)C2)nc2cc(S(=O)(=O)N(CC)CC)ccc21. The van der Waals surface area contributed by atoms with Crippen molar-refractivity contribution in [2.45, 2.75) is 90.1 Å². The first-order valence-electron chi connectivity index (χ1n) is 12.1. The number of fused-ring (bicyclic) bond motifs is 1. The fourth-order valence-electron chi connectivity index (χ4n) is 4.79. The summed E-state index contributed by atoms with van der Waals surface area (Å²) in [5.41, 5.74) is 1.59. The summed E-state index contributed by atoms with van der Waals surface area (Å²) in [4.78, 5) is 17.6. The molecule has 1 aromatic carbocycles. The Kier molecular flexibility index (Phi) is 8.33. The molecule has 2 aromatic rings. The van der Waals surface area contributed by atoms with Crippen LogP contribution >= 0.6 is 0 Å². The maximum absolute atomic E-state index is 12.9. The Bertz CT molecular complexity index is 1030. The van der Waals surface area contributed by atoms with Gasteiger partial charge in [0.1, 0.15) is 5.82 Å². The number of aromatic nitrogens is 2. The summed E-state index contributed by atoms with van der Waals surface area (Å²) in [7, 11) is -3.54. The molecule has 178 valence electrons. The first kappa shape index (κ1) is 24.7. The lowest BCUT2D eigenvalue weighted by Crippen LogP contribution is -2.38. The molecule has 0 spiro atoms. The van der Waals surface area contributed by atoms with Crippen molar-refractivity contribution in [1.29, 1.82) is 0 Å². The molecule has 1 saturated carbocycles. The van der Waals surface area contributed by atoms with Gasteiger partial charge in [-0.05, 0) is 43.4 Å². The zero-order valence-electron chi connectivity index (χ0n) is 19.9.